The van der Waals surface area contributed by atoms with Crippen molar-refractivity contribution in [3.05, 3.63) is 320 Å². The third-order valence-electron chi connectivity index (χ3n) is 22.9. The van der Waals surface area contributed by atoms with Crippen molar-refractivity contribution >= 4 is 137 Å². The predicted octanol–water partition coefficient (Wildman–Crippen LogP) is 24.4. The molecule has 0 radical (unpaired) electrons. The zero-order chi connectivity index (χ0) is 98.4. The molecule has 4 aromatic heterocycles. The summed E-state index contributed by atoms with van der Waals surface area (Å²) < 4.78 is 11.4. The van der Waals surface area contributed by atoms with Gasteiger partial charge in [-0.05, 0) is 313 Å². The molecule has 4 amide bonds. The number of carbonyl (C=O) groups excluding carboxylic acids is 4. The Hall–Kier alpha value is -15.5. The fourth-order valence-corrected chi connectivity index (χ4v) is 16.2. The zero-order valence-corrected chi connectivity index (χ0v) is 79.8. The molecule has 28 heteroatoms. The number of hydrogen-bond acceptors (Lipinski definition) is 14. The minimum Gasteiger partial charge on any atom is -0.493 e. The summed E-state index contributed by atoms with van der Waals surface area (Å²) in [5, 5.41) is 81.2. The number of rotatable bonds is 34. The van der Waals surface area contributed by atoms with Crippen molar-refractivity contribution in [2.75, 3.05) is 34.5 Å². The van der Waals surface area contributed by atoms with Gasteiger partial charge in [0, 0.05) is 113 Å². The lowest BCUT2D eigenvalue weighted by molar-refractivity contribution is -0.138. The number of anilines is 4. The molecule has 0 aliphatic rings. The molecule has 26 nitrogen and oxygen atoms in total. The number of hydrogen-bond donors (Lipinski definition) is 12. The van der Waals surface area contributed by atoms with Crippen molar-refractivity contribution in [1.29, 1.82) is 0 Å². The van der Waals surface area contributed by atoms with Crippen LogP contribution >= 0.6 is 23.2 Å². The van der Waals surface area contributed by atoms with E-state index in [0.29, 0.717) is 128 Å². The summed E-state index contributed by atoms with van der Waals surface area (Å²) in [5.41, 5.74) is 22.5. The minimum absolute atomic E-state index is 0.0334. The van der Waals surface area contributed by atoms with Crippen LogP contribution in [0.15, 0.2) is 243 Å². The monoisotopic (exact) mass is 1890 g/mol. The van der Waals surface area contributed by atoms with Crippen LogP contribution in [0.4, 0.5) is 22.7 Å². The lowest BCUT2D eigenvalue weighted by Gasteiger charge is -2.16. The summed E-state index contributed by atoms with van der Waals surface area (Å²) in [6.07, 6.45) is 10.3. The fraction of sp³-hybridized carbons (Fsp3) is 0.236. The average molecular weight is 1900 g/mol. The Morgan fingerprint density at radius 3 is 0.812 bits per heavy atom. The molecule has 708 valence electrons. The molecule has 0 fully saturated rings. The third-order valence-corrected chi connectivity index (χ3v) is 23.6. The van der Waals surface area contributed by atoms with Gasteiger partial charge in [0.15, 0.2) is 0 Å². The molecule has 0 saturated heterocycles. The number of aryl methyl sites for hydroxylation is 6. The molecule has 0 aliphatic carbocycles. The average Bonchev–Trinajstić information content (AvgIpc) is 1.29. The number of aliphatic carboxylic acids is 4. The molecule has 0 atom stereocenters. The number of fused-ring (bicyclic) bond motifs is 4. The molecule has 4 heterocycles. The van der Waals surface area contributed by atoms with Gasteiger partial charge in [0.05, 0.1) is 71.4 Å². The number of halogens is 2. The highest BCUT2D eigenvalue weighted by Crippen LogP contribution is 2.41. The highest BCUT2D eigenvalue weighted by Gasteiger charge is 2.23. The highest BCUT2D eigenvalue weighted by atomic mass is 35.5. The van der Waals surface area contributed by atoms with E-state index in [4.69, 9.17) is 53.1 Å². The number of benzene rings is 12. The van der Waals surface area contributed by atoms with Crippen molar-refractivity contribution in [2.45, 2.75) is 133 Å². The van der Waals surface area contributed by atoms with E-state index in [9.17, 15) is 38.4 Å². The number of carboxylic acid groups (broad SMARTS) is 4. The van der Waals surface area contributed by atoms with Crippen molar-refractivity contribution in [2.24, 2.45) is 23.7 Å². The smallest absolute Gasteiger partial charge is 0.303 e. The first-order valence-corrected chi connectivity index (χ1v) is 46.4. The first-order valence-electron chi connectivity index (χ1n) is 45.6. The van der Waals surface area contributed by atoms with Gasteiger partial charge < -0.3 is 51.2 Å². The second kappa shape index (κ2) is 46.6. The quantitative estimate of drug-likeness (QED) is 0.0178. The summed E-state index contributed by atoms with van der Waals surface area (Å²) in [6, 6.07) is 67.7. The molecule has 16 rings (SSSR count). The normalized spacial score (nSPS) is 11.1. The summed E-state index contributed by atoms with van der Waals surface area (Å²) in [7, 11) is 0. The van der Waals surface area contributed by atoms with E-state index in [2.05, 4.69) is 117 Å². The van der Waals surface area contributed by atoms with Crippen LogP contribution in [-0.4, -0.2) is 122 Å². The summed E-state index contributed by atoms with van der Waals surface area (Å²) >= 11 is 13.0. The van der Waals surface area contributed by atoms with Gasteiger partial charge in [0.1, 0.15) is 11.5 Å². The van der Waals surface area contributed by atoms with Gasteiger partial charge >= 0.3 is 23.9 Å². The number of carboxylic acids is 4. The van der Waals surface area contributed by atoms with Gasteiger partial charge in [-0.15, -0.1) is 0 Å². The lowest BCUT2D eigenvalue weighted by atomic mass is 9.94. The van der Waals surface area contributed by atoms with Crippen LogP contribution in [0.5, 0.6) is 11.5 Å². The SMILES string of the molecule is CC(C)COc1ccc(C(=O)Nc2cc(Cl)c(CCC(=O)O)cc2-c2ccc3[nH]ncc3c2)cc1.CC(C)Cc1ccc(C(=O)Nc2cc(Cl)c(CCC(=O)O)cc2-c2ccc3[nH]ncc3c2)cc1.Cc1cc(NC(=O)c2ccc(CC(C)C)cc2)c(-c2ccc3[nH]ncc3c2)cc1CCC(=O)O.Cc1cc(NC(=O)c2ccc(OCC(C)C)cc2)c(-c2ccc3[nH]ncc3c2)cc1CCC(=O)O. The molecule has 0 bridgehead atoms. The van der Waals surface area contributed by atoms with Gasteiger partial charge in [0.2, 0.25) is 0 Å². The van der Waals surface area contributed by atoms with Gasteiger partial charge in [-0.2, -0.15) is 20.4 Å². The standard InChI is InChI=1S/C28H29N3O4.C28H29N3O3.C27H26ClN3O4.C27H26ClN3O3/c1-17(2)16-35-23-8-4-19(5-9-23)28(34)30-26-12-18(3)20(7-11-27(32)33)14-24(26)21-6-10-25-22(13-21)15-29-31-25;1-17(2)12-19-4-6-20(7-5-19)28(34)30-26-13-18(3)21(9-11-27(32)33)15-24(26)22-8-10-25-23(14-22)16-29-31-25;1-16(2)15-35-21-7-3-17(4-8-21)27(34)30-25-13-23(28)19(6-10-26(32)33)12-22(25)18-5-9-24-20(11-18)14-29-31-24;1-16(2)11-17-3-5-18(6-4-17)27(34)30-25-14-23(28)20(8-10-26(32)33)13-22(25)19-7-9-24-21(12-19)15-29-31-24/h4-6,8-10,12-15,17H,7,11,16H2,1-3H3,(H,29,31)(H,30,34)(H,32,33);4-8,10,13-17H,9,11-12H2,1-3H3,(H,29,31)(H,30,34)(H,32,33);3-5,7-9,11-14,16H,6,10,15H2,1-2H3,(H,29,31)(H,30,34)(H,32,33);3-7,9,12-16H,8,10-11H2,1-2H3,(H,29,31)(H,30,34)(H,32,33). The zero-order valence-electron chi connectivity index (χ0n) is 78.3. The molecule has 0 unspecified atom stereocenters. The Balaban J connectivity index is 0.000000155. The molecule has 16 aromatic rings. The van der Waals surface area contributed by atoms with E-state index in [1.807, 2.05) is 172 Å². The van der Waals surface area contributed by atoms with Crippen LogP contribution in [-0.2, 0) is 57.7 Å². The maximum atomic E-state index is 13.1. The van der Waals surface area contributed by atoms with E-state index in [1.165, 1.54) is 11.1 Å². The number of ether oxygens (including phenoxy) is 2. The van der Waals surface area contributed by atoms with Gasteiger partial charge in [-0.25, -0.2) is 0 Å². The topological polar surface area (TPSA) is 399 Å². The van der Waals surface area contributed by atoms with Gasteiger partial charge in [-0.3, -0.25) is 58.8 Å². The van der Waals surface area contributed by atoms with E-state index < -0.39 is 23.9 Å². The number of nitrogens with one attached hydrogen (secondary N) is 8. The number of aromatic nitrogens is 8. The molecule has 0 aliphatic heterocycles. The number of carbonyl (C=O) groups is 8. The molecule has 138 heavy (non-hydrogen) atoms. The fourth-order valence-electron chi connectivity index (χ4n) is 15.7. The Morgan fingerprint density at radius 2 is 0.558 bits per heavy atom. The second-order valence-corrected chi connectivity index (χ2v) is 36.6. The Kier molecular flexibility index (Phi) is 33.7. The number of amides is 4. The molecule has 0 spiro atoms. The lowest BCUT2D eigenvalue weighted by Crippen LogP contribution is -2.13. The maximum Gasteiger partial charge on any atom is 0.303 e. The summed E-state index contributed by atoms with van der Waals surface area (Å²) in [5.74, 6) is -1.08. The largest absolute Gasteiger partial charge is 0.493 e. The van der Waals surface area contributed by atoms with Gasteiger partial charge in [0.25, 0.3) is 23.6 Å². The van der Waals surface area contributed by atoms with Crippen LogP contribution in [0, 0.1) is 37.5 Å². The maximum absolute atomic E-state index is 13.1. The first kappa shape index (κ1) is 99.9. The highest BCUT2D eigenvalue weighted by molar-refractivity contribution is 6.32. The predicted molar refractivity (Wildman–Crippen MR) is 545 cm³/mol. The second-order valence-electron chi connectivity index (χ2n) is 35.8. The van der Waals surface area contributed by atoms with Crippen molar-refractivity contribution < 1.29 is 68.3 Å². The Labute approximate surface area is 808 Å². The van der Waals surface area contributed by atoms with Crippen molar-refractivity contribution in [3.63, 3.8) is 0 Å². The van der Waals surface area contributed by atoms with E-state index in [-0.39, 0.29) is 55.7 Å². The van der Waals surface area contributed by atoms with Crippen LogP contribution in [0.3, 0.4) is 0 Å². The Morgan fingerprint density at radius 1 is 0.312 bits per heavy atom. The van der Waals surface area contributed by atoms with Crippen molar-refractivity contribution in [3.8, 4) is 56.0 Å². The number of nitrogens with zero attached hydrogens (tertiary/aromatic N) is 4. The van der Waals surface area contributed by atoms with Gasteiger partial charge in [-0.1, -0.05) is 127 Å². The van der Waals surface area contributed by atoms with E-state index in [0.717, 1.165) is 129 Å². The number of H-pyrrole nitrogens is 4. The number of aromatic amines is 4. The van der Waals surface area contributed by atoms with Crippen molar-refractivity contribution in [1.82, 2.24) is 40.8 Å². The molecule has 12 N–H and O–H groups in total. The van der Waals surface area contributed by atoms with Crippen LogP contribution in [0.25, 0.3) is 88.1 Å². The summed E-state index contributed by atoms with van der Waals surface area (Å²) in [4.78, 5) is 96.8. The third kappa shape index (κ3) is 27.4. The molecule has 0 saturated carbocycles. The van der Waals surface area contributed by atoms with Crippen LogP contribution in [0.1, 0.15) is 167 Å². The first-order chi connectivity index (χ1) is 66.2. The minimum atomic E-state index is -0.902. The van der Waals surface area contributed by atoms with Crippen LogP contribution in [0.2, 0.25) is 10.0 Å². The van der Waals surface area contributed by atoms with Crippen LogP contribution < -0.4 is 30.7 Å². The molecular weight excluding hydrogens is 1780 g/mol. The summed E-state index contributed by atoms with van der Waals surface area (Å²) in [6.45, 7) is 22.1. The molecule has 12 aromatic carbocycles. The van der Waals surface area contributed by atoms with E-state index >= 15 is 0 Å². The molecular formula is C110H110Cl2N12O14. The Bertz CT molecular complexity index is 6660. The van der Waals surface area contributed by atoms with E-state index in [1.54, 1.807) is 85.5 Å².